The summed E-state index contributed by atoms with van der Waals surface area (Å²) in [5, 5.41) is 55.0. The molecule has 0 aromatic carbocycles. The number of carbonyl (C=O) groups is 1. The Hall–Kier alpha value is -2.89. The summed E-state index contributed by atoms with van der Waals surface area (Å²) in [6, 6.07) is -0.729. The van der Waals surface area contributed by atoms with Crippen LogP contribution in [-0.4, -0.2) is 87.5 Å². The van der Waals surface area contributed by atoms with Gasteiger partial charge in [0.2, 0.25) is 5.91 Å². The van der Waals surface area contributed by atoms with E-state index >= 15 is 0 Å². The first-order valence-corrected chi connectivity index (χ1v) is 35.9. The van der Waals surface area contributed by atoms with E-state index in [1.807, 2.05) is 0 Å². The third kappa shape index (κ3) is 52.7. The number of hydrogen-bond acceptors (Lipinski definition) is 8. The third-order valence-electron chi connectivity index (χ3n) is 16.7. The molecule has 0 spiro atoms. The fourth-order valence-electron chi connectivity index (χ4n) is 11.1. The summed E-state index contributed by atoms with van der Waals surface area (Å²) >= 11 is 0. The lowest BCUT2D eigenvalue weighted by atomic mass is 9.99. The summed E-state index contributed by atoms with van der Waals surface area (Å²) in [5.41, 5.74) is 0. The van der Waals surface area contributed by atoms with Crippen LogP contribution >= 0.6 is 0 Å². The Kier molecular flexibility index (Phi) is 60.4. The highest BCUT2D eigenvalue weighted by Crippen LogP contribution is 2.24. The number of aliphatic hydroxyl groups is 5. The van der Waals surface area contributed by atoms with Gasteiger partial charge in [-0.2, -0.15) is 0 Å². The highest BCUT2D eigenvalue weighted by Gasteiger charge is 2.44. The van der Waals surface area contributed by atoms with Crippen LogP contribution in [-0.2, 0) is 14.3 Å². The molecule has 9 nitrogen and oxygen atoms in total. The van der Waals surface area contributed by atoms with E-state index in [4.69, 9.17) is 9.47 Å². The van der Waals surface area contributed by atoms with Crippen molar-refractivity contribution in [2.45, 2.75) is 365 Å². The molecule has 0 aromatic rings. The Bertz CT molecular complexity index is 1670. The molecule has 7 unspecified atom stereocenters. The lowest BCUT2D eigenvalue weighted by Gasteiger charge is -2.40. The van der Waals surface area contributed by atoms with Crippen LogP contribution in [0.15, 0.2) is 97.2 Å². The summed E-state index contributed by atoms with van der Waals surface area (Å²) < 4.78 is 11.4. The Balaban J connectivity index is 2.13. The zero-order valence-electron chi connectivity index (χ0n) is 55.1. The Morgan fingerprint density at radius 3 is 1.08 bits per heavy atom. The molecule has 9 heteroatoms. The summed E-state index contributed by atoms with van der Waals surface area (Å²) in [4.78, 5) is 13.2. The molecule has 1 fully saturated rings. The minimum Gasteiger partial charge on any atom is -0.394 e. The molecule has 0 radical (unpaired) electrons. The maximum absolute atomic E-state index is 13.2. The van der Waals surface area contributed by atoms with Crippen molar-refractivity contribution in [3.63, 3.8) is 0 Å². The molecule has 0 aliphatic carbocycles. The number of carbonyl (C=O) groups excluding carboxylic acids is 1. The Labute approximate surface area is 523 Å². The van der Waals surface area contributed by atoms with Gasteiger partial charge in [-0.1, -0.05) is 336 Å². The van der Waals surface area contributed by atoms with E-state index in [1.165, 1.54) is 199 Å². The molecule has 85 heavy (non-hydrogen) atoms. The third-order valence-corrected chi connectivity index (χ3v) is 16.7. The van der Waals surface area contributed by atoms with Crippen molar-refractivity contribution < 1.29 is 39.8 Å². The summed E-state index contributed by atoms with van der Waals surface area (Å²) in [6.07, 6.45) is 86.1. The quantitative estimate of drug-likeness (QED) is 0.0261. The topological polar surface area (TPSA) is 149 Å². The van der Waals surface area contributed by atoms with Gasteiger partial charge >= 0.3 is 0 Å². The summed E-state index contributed by atoms with van der Waals surface area (Å²) in [5.74, 6) is -0.148. The normalized spacial score (nSPS) is 18.7. The largest absolute Gasteiger partial charge is 0.394 e. The first-order chi connectivity index (χ1) is 41.8. The van der Waals surface area contributed by atoms with E-state index in [-0.39, 0.29) is 12.5 Å². The second-order valence-corrected chi connectivity index (χ2v) is 24.7. The van der Waals surface area contributed by atoms with Crippen LogP contribution in [0.3, 0.4) is 0 Å². The van der Waals surface area contributed by atoms with Crippen LogP contribution < -0.4 is 5.32 Å². The van der Waals surface area contributed by atoms with Gasteiger partial charge in [0.25, 0.3) is 0 Å². The van der Waals surface area contributed by atoms with Gasteiger partial charge in [-0.05, 0) is 77.0 Å². The molecule has 0 saturated carbocycles. The van der Waals surface area contributed by atoms with E-state index in [0.717, 1.165) is 96.3 Å². The van der Waals surface area contributed by atoms with E-state index in [9.17, 15) is 30.3 Å². The standard InChI is InChI=1S/C76H135NO8/c1-3-5-7-9-11-13-15-17-19-21-23-25-27-29-31-32-33-34-35-36-37-38-40-42-44-46-48-50-52-54-56-58-60-62-64-66-72(80)77-69(68-84-76-75(83)74(82)73(81)71(67-78)85-76)70(79)65-63-61-59-57-55-53-51-49-47-45-43-41-39-30-28-26-24-22-20-18-16-14-12-10-8-6-4-2/h5,7,11,13,17,19,23,25,29,31,33-34,36-37,40,42,69-71,73-76,78-79,81-83H,3-4,6,8-10,12,14-16,18,20-22,24,26-28,30,32,35,38-39,41,43-68H2,1-2H3,(H,77,80)/b7-5-,13-11-,19-17-,25-23-,31-29-,34-33-,37-36-,42-40-. The van der Waals surface area contributed by atoms with E-state index in [1.54, 1.807) is 0 Å². The van der Waals surface area contributed by atoms with Crippen molar-refractivity contribution in [1.82, 2.24) is 5.32 Å². The molecule has 1 aliphatic heterocycles. The predicted octanol–water partition coefficient (Wildman–Crippen LogP) is 19.9. The predicted molar refractivity (Wildman–Crippen MR) is 364 cm³/mol. The number of nitrogens with one attached hydrogen (secondary N) is 1. The number of aliphatic hydroxyl groups excluding tert-OH is 5. The highest BCUT2D eigenvalue weighted by atomic mass is 16.7. The monoisotopic (exact) mass is 1190 g/mol. The van der Waals surface area contributed by atoms with Crippen molar-refractivity contribution in [2.24, 2.45) is 0 Å². The van der Waals surface area contributed by atoms with E-state index in [2.05, 4.69) is 116 Å². The number of ether oxygens (including phenoxy) is 2. The molecule has 1 aliphatic rings. The van der Waals surface area contributed by atoms with Gasteiger partial charge < -0.3 is 40.3 Å². The molecule has 1 heterocycles. The van der Waals surface area contributed by atoms with Gasteiger partial charge in [0, 0.05) is 6.42 Å². The van der Waals surface area contributed by atoms with Crippen LogP contribution in [0.25, 0.3) is 0 Å². The highest BCUT2D eigenvalue weighted by molar-refractivity contribution is 5.76. The molecule has 492 valence electrons. The molecule has 0 aromatic heterocycles. The van der Waals surface area contributed by atoms with Crippen molar-refractivity contribution in [1.29, 1.82) is 0 Å². The summed E-state index contributed by atoms with van der Waals surface area (Å²) in [7, 11) is 0. The molecule has 6 N–H and O–H groups in total. The number of hydrogen-bond donors (Lipinski definition) is 6. The average molecular weight is 1190 g/mol. The molecule has 1 rings (SSSR count). The smallest absolute Gasteiger partial charge is 0.220 e. The number of amides is 1. The lowest BCUT2D eigenvalue weighted by molar-refractivity contribution is -0.302. The molecular formula is C76H135NO8. The SMILES string of the molecule is CC/C=C\C/C=C\C/C=C\C/C=C\C/C=C\C/C=C\C/C=C\C/C=C\CCCCCCCCCCCCC(=O)NC(COC1OC(CO)C(O)C(O)C1O)C(O)CCCCCCCCCCCCCCCCCCCCCCCCCCCCC. The molecule has 7 atom stereocenters. The maximum Gasteiger partial charge on any atom is 0.220 e. The average Bonchev–Trinajstić information content (AvgIpc) is 3.71. The van der Waals surface area contributed by atoms with Crippen molar-refractivity contribution in [3.05, 3.63) is 97.2 Å². The maximum atomic E-state index is 13.2. The minimum atomic E-state index is -1.56. The lowest BCUT2D eigenvalue weighted by Crippen LogP contribution is -2.60. The zero-order valence-corrected chi connectivity index (χ0v) is 55.1. The van der Waals surface area contributed by atoms with Crippen LogP contribution in [0.5, 0.6) is 0 Å². The van der Waals surface area contributed by atoms with Gasteiger partial charge in [-0.25, -0.2) is 0 Å². The second kappa shape index (κ2) is 64.1. The zero-order chi connectivity index (χ0) is 61.4. The van der Waals surface area contributed by atoms with Crippen molar-refractivity contribution in [3.8, 4) is 0 Å². The van der Waals surface area contributed by atoms with Crippen LogP contribution in [0.2, 0.25) is 0 Å². The van der Waals surface area contributed by atoms with Gasteiger partial charge in [-0.15, -0.1) is 0 Å². The molecule has 0 bridgehead atoms. The number of unbranched alkanes of at least 4 members (excludes halogenated alkanes) is 36. The number of allylic oxidation sites excluding steroid dienone is 16. The van der Waals surface area contributed by atoms with Crippen molar-refractivity contribution >= 4 is 5.91 Å². The van der Waals surface area contributed by atoms with Crippen LogP contribution in [0.4, 0.5) is 0 Å². The van der Waals surface area contributed by atoms with Gasteiger partial charge in [0.15, 0.2) is 6.29 Å². The number of rotatable bonds is 62. The van der Waals surface area contributed by atoms with Gasteiger partial charge in [0.05, 0.1) is 25.4 Å². The van der Waals surface area contributed by atoms with Crippen LogP contribution in [0, 0.1) is 0 Å². The van der Waals surface area contributed by atoms with E-state index < -0.39 is 49.5 Å². The minimum absolute atomic E-state index is 0.143. The molecular weight excluding hydrogens is 1050 g/mol. The van der Waals surface area contributed by atoms with Crippen molar-refractivity contribution in [2.75, 3.05) is 13.2 Å². The first kappa shape index (κ1) is 80.1. The molecule has 1 saturated heterocycles. The fourth-order valence-corrected chi connectivity index (χ4v) is 11.1. The summed E-state index contributed by atoms with van der Waals surface area (Å²) in [6.45, 7) is 3.76. The van der Waals surface area contributed by atoms with Gasteiger partial charge in [-0.3, -0.25) is 4.79 Å². The first-order valence-electron chi connectivity index (χ1n) is 35.9. The fraction of sp³-hybridized carbons (Fsp3) is 0.776. The molecule has 1 amide bonds. The second-order valence-electron chi connectivity index (χ2n) is 24.7. The van der Waals surface area contributed by atoms with Gasteiger partial charge in [0.1, 0.15) is 24.4 Å². The Morgan fingerprint density at radius 2 is 0.729 bits per heavy atom. The van der Waals surface area contributed by atoms with Crippen LogP contribution in [0.1, 0.15) is 322 Å². The van der Waals surface area contributed by atoms with E-state index in [0.29, 0.717) is 12.8 Å². The Morgan fingerprint density at radius 1 is 0.412 bits per heavy atom.